The number of nitrogens with two attached hydrogens (primary N) is 1. The van der Waals surface area contributed by atoms with Crippen LogP contribution >= 0.6 is 0 Å². The van der Waals surface area contributed by atoms with Gasteiger partial charge in [0.05, 0.1) is 6.61 Å². The van der Waals surface area contributed by atoms with Gasteiger partial charge in [-0.05, 0) is 44.7 Å². The molecule has 0 atom stereocenters. The summed E-state index contributed by atoms with van der Waals surface area (Å²) in [6.45, 7) is 3.09. The van der Waals surface area contributed by atoms with Crippen LogP contribution < -0.4 is 11.2 Å². The van der Waals surface area contributed by atoms with Gasteiger partial charge < -0.3 is 10.2 Å². The van der Waals surface area contributed by atoms with Crippen molar-refractivity contribution in [3.05, 3.63) is 0 Å². The van der Waals surface area contributed by atoms with Gasteiger partial charge in [0.1, 0.15) is 0 Å². The Bertz CT molecular complexity index is 92.1. The first-order valence-electron chi connectivity index (χ1n) is 4.46. The Hall–Kier alpha value is -0.120. The maximum absolute atomic E-state index is 4.93. The number of nitrogens with one attached hydrogen (secondary N) is 1. The molecule has 0 aromatic carbocycles. The molecule has 1 rings (SSSR count). The Morgan fingerprint density at radius 2 is 2.09 bits per heavy atom. The summed E-state index contributed by atoms with van der Waals surface area (Å²) >= 11 is 0. The van der Waals surface area contributed by atoms with Crippen molar-refractivity contribution in [1.82, 2.24) is 5.32 Å². The molecule has 1 saturated heterocycles. The van der Waals surface area contributed by atoms with Crippen LogP contribution in [0.5, 0.6) is 0 Å². The Morgan fingerprint density at radius 1 is 1.36 bits per heavy atom. The van der Waals surface area contributed by atoms with E-state index in [9.17, 15) is 0 Å². The Kier molecular flexibility index (Phi) is 4.50. The summed E-state index contributed by atoms with van der Waals surface area (Å²) in [5.74, 6) is 5.84. The van der Waals surface area contributed by atoms with Crippen LogP contribution in [0, 0.1) is 5.92 Å². The highest BCUT2D eigenvalue weighted by Gasteiger charge is 2.11. The van der Waals surface area contributed by atoms with Gasteiger partial charge in [0.2, 0.25) is 0 Å². The predicted molar refractivity (Wildman–Crippen MR) is 45.0 cm³/mol. The zero-order chi connectivity index (χ0) is 7.94. The predicted octanol–water partition coefficient (Wildman–Crippen LogP) is 0.657. The summed E-state index contributed by atoms with van der Waals surface area (Å²) in [7, 11) is 0. The lowest BCUT2D eigenvalue weighted by molar-refractivity contribution is 0.128. The molecule has 3 nitrogen and oxygen atoms in total. The van der Waals surface area contributed by atoms with Crippen LogP contribution in [0.15, 0.2) is 0 Å². The molecule has 0 spiro atoms. The van der Waals surface area contributed by atoms with Crippen molar-refractivity contribution in [2.75, 3.05) is 19.7 Å². The van der Waals surface area contributed by atoms with E-state index in [-0.39, 0.29) is 0 Å². The van der Waals surface area contributed by atoms with Gasteiger partial charge in [-0.25, -0.2) is 5.90 Å². The van der Waals surface area contributed by atoms with Gasteiger partial charge >= 0.3 is 0 Å². The highest BCUT2D eigenvalue weighted by Crippen LogP contribution is 2.17. The summed E-state index contributed by atoms with van der Waals surface area (Å²) < 4.78 is 0. The summed E-state index contributed by atoms with van der Waals surface area (Å²) in [5, 5.41) is 3.35. The highest BCUT2D eigenvalue weighted by atomic mass is 16.6. The van der Waals surface area contributed by atoms with Crippen LogP contribution in [0.3, 0.4) is 0 Å². The SMILES string of the molecule is NOCCCC1CCNCC1. The largest absolute Gasteiger partial charge is 0.317 e. The number of piperidine rings is 1. The van der Waals surface area contributed by atoms with Crippen LogP contribution in [0.2, 0.25) is 0 Å². The van der Waals surface area contributed by atoms with Gasteiger partial charge in [-0.2, -0.15) is 0 Å². The topological polar surface area (TPSA) is 47.3 Å². The van der Waals surface area contributed by atoms with Crippen molar-refractivity contribution in [3.8, 4) is 0 Å². The van der Waals surface area contributed by atoms with E-state index >= 15 is 0 Å². The van der Waals surface area contributed by atoms with Gasteiger partial charge in [-0.1, -0.05) is 0 Å². The third kappa shape index (κ3) is 3.70. The van der Waals surface area contributed by atoms with Crippen molar-refractivity contribution in [1.29, 1.82) is 0 Å². The molecule has 3 heteroatoms. The number of hydrogen-bond acceptors (Lipinski definition) is 3. The fraction of sp³-hybridized carbons (Fsp3) is 1.00. The van der Waals surface area contributed by atoms with E-state index in [1.54, 1.807) is 0 Å². The molecule has 0 amide bonds. The fourth-order valence-electron chi connectivity index (χ4n) is 1.63. The Labute approximate surface area is 68.2 Å². The van der Waals surface area contributed by atoms with Gasteiger partial charge in [-0.3, -0.25) is 0 Å². The van der Waals surface area contributed by atoms with E-state index < -0.39 is 0 Å². The molecular weight excluding hydrogens is 140 g/mol. The Balaban J connectivity index is 1.96. The highest BCUT2D eigenvalue weighted by molar-refractivity contribution is 4.67. The third-order valence-electron chi connectivity index (χ3n) is 2.33. The molecule has 0 aliphatic carbocycles. The lowest BCUT2D eigenvalue weighted by Crippen LogP contribution is -2.27. The van der Waals surface area contributed by atoms with E-state index in [2.05, 4.69) is 10.2 Å². The molecular formula is C8H18N2O. The second kappa shape index (κ2) is 5.52. The molecule has 11 heavy (non-hydrogen) atoms. The van der Waals surface area contributed by atoms with Crippen molar-refractivity contribution in [3.63, 3.8) is 0 Å². The standard InChI is InChI=1S/C8H18N2O/c9-11-7-1-2-8-3-5-10-6-4-8/h8,10H,1-7,9H2. The van der Waals surface area contributed by atoms with Crippen molar-refractivity contribution in [2.45, 2.75) is 25.7 Å². The normalized spacial score (nSPS) is 20.5. The molecule has 3 N–H and O–H groups in total. The van der Waals surface area contributed by atoms with Gasteiger partial charge in [0.15, 0.2) is 0 Å². The average Bonchev–Trinajstić information content (AvgIpc) is 2.07. The van der Waals surface area contributed by atoms with E-state index in [4.69, 9.17) is 5.90 Å². The summed E-state index contributed by atoms with van der Waals surface area (Å²) in [6, 6.07) is 0. The van der Waals surface area contributed by atoms with Gasteiger partial charge in [-0.15, -0.1) is 0 Å². The van der Waals surface area contributed by atoms with E-state index in [0.29, 0.717) is 6.61 Å². The van der Waals surface area contributed by atoms with E-state index in [1.807, 2.05) is 0 Å². The first kappa shape index (κ1) is 8.97. The maximum atomic E-state index is 4.93. The second-order valence-electron chi connectivity index (χ2n) is 3.21. The van der Waals surface area contributed by atoms with Crippen LogP contribution in [-0.4, -0.2) is 19.7 Å². The minimum Gasteiger partial charge on any atom is -0.317 e. The summed E-state index contributed by atoms with van der Waals surface area (Å²) in [5.41, 5.74) is 0. The zero-order valence-corrected chi connectivity index (χ0v) is 7.01. The van der Waals surface area contributed by atoms with Gasteiger partial charge in [0.25, 0.3) is 0 Å². The van der Waals surface area contributed by atoms with E-state index in [0.717, 1.165) is 12.3 Å². The molecule has 66 valence electrons. The first-order chi connectivity index (χ1) is 5.43. The minimum atomic E-state index is 0.712. The molecule has 0 radical (unpaired) electrons. The molecule has 1 heterocycles. The molecule has 1 aliphatic heterocycles. The minimum absolute atomic E-state index is 0.712. The third-order valence-corrected chi connectivity index (χ3v) is 2.33. The monoisotopic (exact) mass is 158 g/mol. The Morgan fingerprint density at radius 3 is 2.73 bits per heavy atom. The molecule has 1 aliphatic rings. The molecule has 0 saturated carbocycles. The average molecular weight is 158 g/mol. The molecule has 0 bridgehead atoms. The second-order valence-corrected chi connectivity index (χ2v) is 3.21. The molecule has 0 aromatic heterocycles. The van der Waals surface area contributed by atoms with E-state index in [1.165, 1.54) is 32.4 Å². The van der Waals surface area contributed by atoms with Crippen molar-refractivity contribution >= 4 is 0 Å². The summed E-state index contributed by atoms with van der Waals surface area (Å²) in [6.07, 6.45) is 5.04. The number of rotatable bonds is 4. The molecule has 0 unspecified atom stereocenters. The molecule has 0 aromatic rings. The van der Waals surface area contributed by atoms with Crippen LogP contribution in [0.1, 0.15) is 25.7 Å². The number of hydrogen-bond donors (Lipinski definition) is 2. The van der Waals surface area contributed by atoms with Crippen LogP contribution in [0.25, 0.3) is 0 Å². The zero-order valence-electron chi connectivity index (χ0n) is 7.01. The van der Waals surface area contributed by atoms with Gasteiger partial charge in [0, 0.05) is 0 Å². The summed E-state index contributed by atoms with van der Waals surface area (Å²) in [4.78, 5) is 4.52. The smallest absolute Gasteiger partial charge is 0.0679 e. The van der Waals surface area contributed by atoms with Crippen LogP contribution in [-0.2, 0) is 4.84 Å². The lowest BCUT2D eigenvalue weighted by atomic mass is 9.93. The van der Waals surface area contributed by atoms with Crippen molar-refractivity contribution in [2.24, 2.45) is 11.8 Å². The molecule has 1 fully saturated rings. The quantitative estimate of drug-likeness (QED) is 0.466. The first-order valence-corrected chi connectivity index (χ1v) is 4.46. The lowest BCUT2D eigenvalue weighted by Gasteiger charge is -2.21. The van der Waals surface area contributed by atoms with Crippen molar-refractivity contribution < 1.29 is 4.84 Å². The van der Waals surface area contributed by atoms with Crippen LogP contribution in [0.4, 0.5) is 0 Å². The maximum Gasteiger partial charge on any atom is 0.0679 e. The fourth-order valence-corrected chi connectivity index (χ4v) is 1.63.